The van der Waals surface area contributed by atoms with Crippen molar-refractivity contribution in [2.24, 2.45) is 0 Å². The van der Waals surface area contributed by atoms with Gasteiger partial charge in [0.15, 0.2) is 0 Å². The van der Waals surface area contributed by atoms with Crippen molar-refractivity contribution in [3.8, 4) is 0 Å². The molecule has 0 heterocycles. The minimum absolute atomic E-state index is 0.121. The SMILES string of the molecule is Cc1cc(Cl)ccc1NC(=O)c1cc(Br)ccc1C. The number of nitrogens with one attached hydrogen (secondary N) is 1. The molecule has 0 saturated carbocycles. The zero-order valence-corrected chi connectivity index (χ0v) is 13.0. The van der Waals surface area contributed by atoms with Crippen molar-refractivity contribution in [2.75, 3.05) is 5.32 Å². The zero-order chi connectivity index (χ0) is 14.0. The number of hydrogen-bond donors (Lipinski definition) is 1. The highest BCUT2D eigenvalue weighted by Crippen LogP contribution is 2.22. The minimum atomic E-state index is -0.121. The lowest BCUT2D eigenvalue weighted by Gasteiger charge is -2.10. The average Bonchev–Trinajstić information content (AvgIpc) is 2.35. The minimum Gasteiger partial charge on any atom is -0.322 e. The van der Waals surface area contributed by atoms with E-state index >= 15 is 0 Å². The molecule has 0 saturated heterocycles. The molecule has 0 spiro atoms. The van der Waals surface area contributed by atoms with E-state index in [4.69, 9.17) is 11.6 Å². The number of benzene rings is 2. The molecule has 1 N–H and O–H groups in total. The Hall–Kier alpha value is -1.32. The molecule has 0 aromatic heterocycles. The van der Waals surface area contributed by atoms with Crippen LogP contribution in [0.3, 0.4) is 0 Å². The summed E-state index contributed by atoms with van der Waals surface area (Å²) >= 11 is 9.27. The number of anilines is 1. The van der Waals surface area contributed by atoms with Gasteiger partial charge in [0.2, 0.25) is 0 Å². The number of carbonyl (C=O) groups is 1. The summed E-state index contributed by atoms with van der Waals surface area (Å²) < 4.78 is 0.885. The fraction of sp³-hybridized carbons (Fsp3) is 0.133. The molecule has 4 heteroatoms. The Morgan fingerprint density at radius 1 is 1.11 bits per heavy atom. The quantitative estimate of drug-likeness (QED) is 0.823. The van der Waals surface area contributed by atoms with Gasteiger partial charge < -0.3 is 5.32 Å². The van der Waals surface area contributed by atoms with Gasteiger partial charge in [-0.1, -0.05) is 33.6 Å². The van der Waals surface area contributed by atoms with Gasteiger partial charge in [-0.15, -0.1) is 0 Å². The van der Waals surface area contributed by atoms with E-state index < -0.39 is 0 Å². The van der Waals surface area contributed by atoms with Gasteiger partial charge in [-0.05, 0) is 55.3 Å². The van der Waals surface area contributed by atoms with Crippen LogP contribution in [0.1, 0.15) is 21.5 Å². The summed E-state index contributed by atoms with van der Waals surface area (Å²) in [7, 11) is 0. The third-order valence-electron chi connectivity index (χ3n) is 2.88. The zero-order valence-electron chi connectivity index (χ0n) is 10.6. The number of rotatable bonds is 2. The first-order valence-corrected chi connectivity index (χ1v) is 6.98. The van der Waals surface area contributed by atoms with Crippen molar-refractivity contribution in [1.29, 1.82) is 0 Å². The Balaban J connectivity index is 2.28. The van der Waals surface area contributed by atoms with E-state index in [9.17, 15) is 4.79 Å². The van der Waals surface area contributed by atoms with Crippen molar-refractivity contribution >= 4 is 39.1 Å². The second-order valence-electron chi connectivity index (χ2n) is 4.37. The van der Waals surface area contributed by atoms with Gasteiger partial charge in [0.05, 0.1) is 0 Å². The van der Waals surface area contributed by atoms with Crippen molar-refractivity contribution in [3.05, 3.63) is 62.6 Å². The molecule has 0 unspecified atom stereocenters. The molecule has 2 aromatic carbocycles. The molecule has 0 aliphatic heterocycles. The lowest BCUT2D eigenvalue weighted by molar-refractivity contribution is 0.102. The van der Waals surface area contributed by atoms with Crippen molar-refractivity contribution in [2.45, 2.75) is 13.8 Å². The number of aryl methyl sites for hydroxylation is 2. The topological polar surface area (TPSA) is 29.1 Å². The standard InChI is InChI=1S/C15H13BrClNO/c1-9-3-4-11(16)8-13(9)15(19)18-14-6-5-12(17)7-10(14)2/h3-8H,1-2H3,(H,18,19). The summed E-state index contributed by atoms with van der Waals surface area (Å²) in [5.74, 6) is -0.121. The van der Waals surface area contributed by atoms with Crippen LogP contribution in [0.4, 0.5) is 5.69 Å². The molecule has 0 aliphatic carbocycles. The maximum Gasteiger partial charge on any atom is 0.255 e. The summed E-state index contributed by atoms with van der Waals surface area (Å²) in [6, 6.07) is 11.0. The molecule has 0 atom stereocenters. The molecular formula is C15H13BrClNO. The average molecular weight is 339 g/mol. The first-order chi connectivity index (χ1) is 8.97. The monoisotopic (exact) mass is 337 g/mol. The molecule has 0 aliphatic rings. The Labute approximate surface area is 125 Å². The van der Waals surface area contributed by atoms with Crippen LogP contribution in [0.2, 0.25) is 5.02 Å². The van der Waals surface area contributed by atoms with Crippen molar-refractivity contribution in [1.82, 2.24) is 0 Å². The van der Waals surface area contributed by atoms with E-state index in [0.29, 0.717) is 10.6 Å². The summed E-state index contributed by atoms with van der Waals surface area (Å²) in [6.07, 6.45) is 0. The number of hydrogen-bond acceptors (Lipinski definition) is 1. The molecule has 2 nitrogen and oxygen atoms in total. The van der Waals surface area contributed by atoms with Crippen LogP contribution >= 0.6 is 27.5 Å². The summed E-state index contributed by atoms with van der Waals surface area (Å²) in [6.45, 7) is 3.82. The Morgan fingerprint density at radius 3 is 2.53 bits per heavy atom. The molecule has 2 aromatic rings. The lowest BCUT2D eigenvalue weighted by atomic mass is 10.1. The van der Waals surface area contributed by atoms with Crippen LogP contribution in [0.25, 0.3) is 0 Å². The van der Waals surface area contributed by atoms with Gasteiger partial charge in [0, 0.05) is 20.7 Å². The highest BCUT2D eigenvalue weighted by molar-refractivity contribution is 9.10. The van der Waals surface area contributed by atoms with Crippen LogP contribution in [0.5, 0.6) is 0 Å². The maximum atomic E-state index is 12.3. The van der Waals surface area contributed by atoms with E-state index in [-0.39, 0.29) is 5.91 Å². The molecule has 1 amide bonds. The third-order valence-corrected chi connectivity index (χ3v) is 3.61. The fourth-order valence-corrected chi connectivity index (χ4v) is 2.38. The normalized spacial score (nSPS) is 10.3. The van der Waals surface area contributed by atoms with Crippen LogP contribution in [-0.4, -0.2) is 5.91 Å². The Morgan fingerprint density at radius 2 is 1.84 bits per heavy atom. The second-order valence-corrected chi connectivity index (χ2v) is 5.72. The lowest BCUT2D eigenvalue weighted by Crippen LogP contribution is -2.14. The van der Waals surface area contributed by atoms with Crippen molar-refractivity contribution < 1.29 is 4.79 Å². The van der Waals surface area contributed by atoms with Gasteiger partial charge in [-0.2, -0.15) is 0 Å². The highest BCUT2D eigenvalue weighted by Gasteiger charge is 2.11. The van der Waals surface area contributed by atoms with Crippen LogP contribution in [-0.2, 0) is 0 Å². The smallest absolute Gasteiger partial charge is 0.255 e. The maximum absolute atomic E-state index is 12.3. The van der Waals surface area contributed by atoms with Gasteiger partial charge in [-0.25, -0.2) is 0 Å². The predicted molar refractivity (Wildman–Crippen MR) is 83.0 cm³/mol. The molecule has 0 fully saturated rings. The van der Waals surface area contributed by atoms with E-state index in [1.807, 2.05) is 44.2 Å². The number of carbonyl (C=O) groups excluding carboxylic acids is 1. The molecular weight excluding hydrogens is 326 g/mol. The van der Waals surface area contributed by atoms with E-state index in [1.54, 1.807) is 6.07 Å². The molecule has 0 bridgehead atoms. The van der Waals surface area contributed by atoms with E-state index in [2.05, 4.69) is 21.2 Å². The first-order valence-electron chi connectivity index (χ1n) is 5.81. The first kappa shape index (κ1) is 14.1. The fourth-order valence-electron chi connectivity index (χ4n) is 1.80. The van der Waals surface area contributed by atoms with E-state index in [1.165, 1.54) is 0 Å². The third kappa shape index (κ3) is 3.37. The second kappa shape index (κ2) is 5.76. The molecule has 2 rings (SSSR count). The van der Waals surface area contributed by atoms with Gasteiger partial charge in [0.1, 0.15) is 0 Å². The highest BCUT2D eigenvalue weighted by atomic mass is 79.9. The summed E-state index contributed by atoms with van der Waals surface area (Å²) in [4.78, 5) is 12.3. The molecule has 0 radical (unpaired) electrons. The van der Waals surface area contributed by atoms with Crippen LogP contribution < -0.4 is 5.32 Å². The van der Waals surface area contributed by atoms with Crippen molar-refractivity contribution in [3.63, 3.8) is 0 Å². The molecule has 19 heavy (non-hydrogen) atoms. The summed E-state index contributed by atoms with van der Waals surface area (Å²) in [5.41, 5.74) is 3.30. The number of amides is 1. The number of halogens is 2. The van der Waals surface area contributed by atoms with E-state index in [0.717, 1.165) is 21.3 Å². The van der Waals surface area contributed by atoms with Gasteiger partial charge >= 0.3 is 0 Å². The van der Waals surface area contributed by atoms with Crippen LogP contribution in [0, 0.1) is 13.8 Å². The van der Waals surface area contributed by atoms with Gasteiger partial charge in [0.25, 0.3) is 5.91 Å². The van der Waals surface area contributed by atoms with Gasteiger partial charge in [-0.3, -0.25) is 4.79 Å². The largest absolute Gasteiger partial charge is 0.322 e. The molecule has 98 valence electrons. The van der Waals surface area contributed by atoms with Crippen LogP contribution in [0.15, 0.2) is 40.9 Å². The Kier molecular flexibility index (Phi) is 4.27. The predicted octanol–water partition coefficient (Wildman–Crippen LogP) is 4.97. The summed E-state index contributed by atoms with van der Waals surface area (Å²) in [5, 5.41) is 3.56. The Bertz CT molecular complexity index is 640.